The Morgan fingerprint density at radius 3 is 2.52 bits per heavy atom. The lowest BCUT2D eigenvalue weighted by molar-refractivity contribution is 0.104. The second-order valence-electron chi connectivity index (χ2n) is 8.17. The summed E-state index contributed by atoms with van der Waals surface area (Å²) in [5, 5.41) is 1.03. The van der Waals surface area contributed by atoms with Crippen molar-refractivity contribution in [3.63, 3.8) is 0 Å². The molecule has 0 N–H and O–H groups in total. The van der Waals surface area contributed by atoms with E-state index in [4.69, 9.17) is 9.47 Å². The van der Waals surface area contributed by atoms with Gasteiger partial charge in [0.1, 0.15) is 23.6 Å². The number of hydrogen-bond donors (Lipinski definition) is 0. The highest BCUT2D eigenvalue weighted by atomic mass is 16.5. The van der Waals surface area contributed by atoms with E-state index < -0.39 is 0 Å². The van der Waals surface area contributed by atoms with Gasteiger partial charge in [0.15, 0.2) is 5.78 Å². The summed E-state index contributed by atoms with van der Waals surface area (Å²) < 4.78 is 11.6. The molecule has 166 valence electrons. The van der Waals surface area contributed by atoms with Crippen molar-refractivity contribution in [1.82, 2.24) is 4.98 Å². The summed E-state index contributed by atoms with van der Waals surface area (Å²) in [5.41, 5.74) is 4.51. The van der Waals surface area contributed by atoms with Crippen LogP contribution in [0.3, 0.4) is 0 Å². The Kier molecular flexibility index (Phi) is 6.84. The van der Waals surface area contributed by atoms with E-state index in [1.54, 1.807) is 19.4 Å². The largest absolute Gasteiger partial charge is 0.496 e. The van der Waals surface area contributed by atoms with Crippen LogP contribution in [0.1, 0.15) is 46.8 Å². The number of ether oxygens (including phenoxy) is 2. The molecule has 1 heterocycles. The van der Waals surface area contributed by atoms with Crippen molar-refractivity contribution in [2.75, 3.05) is 7.11 Å². The summed E-state index contributed by atoms with van der Waals surface area (Å²) in [7, 11) is 1.64. The van der Waals surface area contributed by atoms with E-state index in [1.807, 2.05) is 78.9 Å². The number of rotatable bonds is 8. The zero-order valence-corrected chi connectivity index (χ0v) is 19.1. The quantitative estimate of drug-likeness (QED) is 0.224. The summed E-state index contributed by atoms with van der Waals surface area (Å²) in [6, 6.07) is 23.4. The number of nitrogens with zero attached hydrogens (tertiary/aromatic N) is 1. The van der Waals surface area contributed by atoms with Crippen molar-refractivity contribution < 1.29 is 14.3 Å². The molecule has 0 atom stereocenters. The molecule has 4 nitrogen and oxygen atoms in total. The predicted molar refractivity (Wildman–Crippen MR) is 133 cm³/mol. The maximum atomic E-state index is 12.6. The minimum Gasteiger partial charge on any atom is -0.496 e. The van der Waals surface area contributed by atoms with E-state index in [9.17, 15) is 4.79 Å². The number of pyridine rings is 1. The fourth-order valence-electron chi connectivity index (χ4n) is 3.66. The molecule has 0 aliphatic carbocycles. The van der Waals surface area contributed by atoms with Crippen molar-refractivity contribution in [1.29, 1.82) is 0 Å². The van der Waals surface area contributed by atoms with Gasteiger partial charge in [-0.15, -0.1) is 0 Å². The molecule has 0 aliphatic rings. The summed E-state index contributed by atoms with van der Waals surface area (Å²) in [4.78, 5) is 17.0. The van der Waals surface area contributed by atoms with E-state index >= 15 is 0 Å². The Bertz CT molecular complexity index is 1280. The molecule has 0 saturated carbocycles. The minimum absolute atomic E-state index is 0.0271. The molecule has 0 aliphatic heterocycles. The fourth-order valence-corrected chi connectivity index (χ4v) is 3.66. The first-order valence-electron chi connectivity index (χ1n) is 11.0. The summed E-state index contributed by atoms with van der Waals surface area (Å²) in [5.74, 6) is 1.86. The van der Waals surface area contributed by atoms with E-state index in [-0.39, 0.29) is 5.78 Å². The summed E-state index contributed by atoms with van der Waals surface area (Å²) in [6.45, 7) is 4.60. The molecule has 4 rings (SSSR count). The van der Waals surface area contributed by atoms with Gasteiger partial charge >= 0.3 is 0 Å². The van der Waals surface area contributed by atoms with Gasteiger partial charge < -0.3 is 9.47 Å². The number of ketones is 1. The Hall–Kier alpha value is -3.92. The maximum absolute atomic E-state index is 12.6. The van der Waals surface area contributed by atoms with Crippen LogP contribution in [0.15, 0.2) is 85.1 Å². The van der Waals surface area contributed by atoms with Crippen molar-refractivity contribution in [3.8, 4) is 11.5 Å². The number of allylic oxidation sites excluding steroid dienone is 1. The van der Waals surface area contributed by atoms with Crippen LogP contribution in [0.2, 0.25) is 0 Å². The minimum atomic E-state index is -0.0271. The highest BCUT2D eigenvalue weighted by molar-refractivity contribution is 6.06. The average molecular weight is 438 g/mol. The third-order valence-corrected chi connectivity index (χ3v) is 5.57. The van der Waals surface area contributed by atoms with Gasteiger partial charge in [-0.1, -0.05) is 68.5 Å². The van der Waals surface area contributed by atoms with E-state index in [0.29, 0.717) is 18.1 Å². The SMILES string of the molecule is COc1ccc(/C=C/C(=O)c2ccc(C(C)C)cc2)cc1COc1cccc2cccnc12. The van der Waals surface area contributed by atoms with Crippen LogP contribution >= 0.6 is 0 Å². The van der Waals surface area contributed by atoms with E-state index in [2.05, 4.69) is 18.8 Å². The molecule has 0 radical (unpaired) electrons. The highest BCUT2D eigenvalue weighted by Crippen LogP contribution is 2.27. The highest BCUT2D eigenvalue weighted by Gasteiger charge is 2.09. The first kappa shape index (κ1) is 22.3. The molecule has 4 aromatic rings. The lowest BCUT2D eigenvalue weighted by Crippen LogP contribution is -2.00. The number of hydrogen-bond acceptors (Lipinski definition) is 4. The zero-order chi connectivity index (χ0) is 23.2. The first-order valence-corrected chi connectivity index (χ1v) is 11.0. The molecule has 0 saturated heterocycles. The Morgan fingerprint density at radius 2 is 1.76 bits per heavy atom. The second-order valence-corrected chi connectivity index (χ2v) is 8.17. The smallest absolute Gasteiger partial charge is 0.185 e. The Balaban J connectivity index is 1.51. The number of carbonyl (C=O) groups is 1. The maximum Gasteiger partial charge on any atom is 0.185 e. The van der Waals surface area contributed by atoms with Crippen LogP contribution in [-0.2, 0) is 6.61 Å². The van der Waals surface area contributed by atoms with Gasteiger partial charge in [-0.05, 0) is 47.4 Å². The van der Waals surface area contributed by atoms with Gasteiger partial charge in [-0.2, -0.15) is 0 Å². The van der Waals surface area contributed by atoms with Crippen LogP contribution in [0.5, 0.6) is 11.5 Å². The normalized spacial score (nSPS) is 11.3. The van der Waals surface area contributed by atoms with Gasteiger partial charge in [0.05, 0.1) is 7.11 Å². The van der Waals surface area contributed by atoms with Gasteiger partial charge in [0.25, 0.3) is 0 Å². The van der Waals surface area contributed by atoms with Crippen LogP contribution in [0, 0.1) is 0 Å². The molecule has 3 aromatic carbocycles. The third-order valence-electron chi connectivity index (χ3n) is 5.57. The molecular formula is C29H27NO3. The van der Waals surface area contributed by atoms with Gasteiger partial charge in [-0.25, -0.2) is 0 Å². The molecule has 0 spiro atoms. The Morgan fingerprint density at radius 1 is 0.970 bits per heavy atom. The molecule has 0 fully saturated rings. The Labute approximate surface area is 194 Å². The molecule has 1 aromatic heterocycles. The molecule has 0 unspecified atom stereocenters. The average Bonchev–Trinajstić information content (AvgIpc) is 2.86. The number of aromatic nitrogens is 1. The lowest BCUT2D eigenvalue weighted by Gasteiger charge is -2.12. The van der Waals surface area contributed by atoms with Crippen molar-refractivity contribution in [2.45, 2.75) is 26.4 Å². The van der Waals surface area contributed by atoms with Crippen molar-refractivity contribution in [3.05, 3.63) is 107 Å². The second kappa shape index (κ2) is 10.1. The lowest BCUT2D eigenvalue weighted by atomic mass is 10.00. The van der Waals surface area contributed by atoms with Gasteiger partial charge in [0.2, 0.25) is 0 Å². The zero-order valence-electron chi connectivity index (χ0n) is 19.1. The van der Waals surface area contributed by atoms with E-state index in [1.165, 1.54) is 5.56 Å². The number of fused-ring (bicyclic) bond motifs is 1. The van der Waals surface area contributed by atoms with Crippen LogP contribution in [0.4, 0.5) is 0 Å². The van der Waals surface area contributed by atoms with Gasteiger partial charge in [-0.3, -0.25) is 9.78 Å². The van der Waals surface area contributed by atoms with Crippen molar-refractivity contribution in [2.24, 2.45) is 0 Å². The molecule has 4 heteroatoms. The monoisotopic (exact) mass is 437 g/mol. The molecule has 33 heavy (non-hydrogen) atoms. The van der Waals surface area contributed by atoms with Crippen LogP contribution < -0.4 is 9.47 Å². The molecular weight excluding hydrogens is 410 g/mol. The molecule has 0 amide bonds. The van der Waals surface area contributed by atoms with Gasteiger partial charge in [0, 0.05) is 22.7 Å². The number of para-hydroxylation sites is 1. The first-order chi connectivity index (χ1) is 16.0. The standard InChI is InChI=1S/C29H27NO3/c1-20(2)22-11-13-23(14-12-22)26(31)15-9-21-10-16-27(32-3)25(18-21)19-33-28-8-4-6-24-7-5-17-30-29(24)28/h4-18,20H,19H2,1-3H3/b15-9+. The van der Waals surface area contributed by atoms with E-state index in [0.717, 1.165) is 33.5 Å². The predicted octanol–water partition coefficient (Wildman–Crippen LogP) is 6.84. The van der Waals surface area contributed by atoms with Crippen LogP contribution in [0.25, 0.3) is 17.0 Å². The fraction of sp³-hybridized carbons (Fsp3) is 0.172. The number of carbonyl (C=O) groups excluding carboxylic acids is 1. The van der Waals surface area contributed by atoms with Crippen LogP contribution in [-0.4, -0.2) is 17.9 Å². The molecule has 0 bridgehead atoms. The summed E-state index contributed by atoms with van der Waals surface area (Å²) >= 11 is 0. The number of benzene rings is 3. The topological polar surface area (TPSA) is 48.4 Å². The third kappa shape index (κ3) is 5.29. The number of methoxy groups -OCH3 is 1. The van der Waals surface area contributed by atoms with Crippen molar-refractivity contribution >= 4 is 22.8 Å². The summed E-state index contributed by atoms with van der Waals surface area (Å²) in [6.07, 6.45) is 5.18.